The smallest absolute Gasteiger partial charge is 0.203 e. The number of ether oxygens (including phenoxy) is 3. The van der Waals surface area contributed by atoms with Crippen LogP contribution in [0.15, 0.2) is 24.5 Å². The van der Waals surface area contributed by atoms with Crippen LogP contribution in [-0.2, 0) is 6.67 Å². The zero-order valence-corrected chi connectivity index (χ0v) is 14.2. The maximum atomic E-state index is 6.42. The first kappa shape index (κ1) is 17.1. The van der Waals surface area contributed by atoms with E-state index in [1.54, 1.807) is 27.5 Å². The van der Waals surface area contributed by atoms with Crippen LogP contribution >= 0.6 is 0 Å². The van der Waals surface area contributed by atoms with Crippen molar-refractivity contribution in [2.45, 2.75) is 12.7 Å². The second-order valence-corrected chi connectivity index (χ2v) is 5.41. The Hall–Kier alpha value is -2.25. The minimum atomic E-state index is -0.404. The first-order valence-corrected chi connectivity index (χ1v) is 7.23. The Kier molecular flexibility index (Phi) is 5.46. The number of methoxy groups -OCH3 is 3. The molecule has 126 valence electrons. The molecule has 1 unspecified atom stereocenters. The highest BCUT2D eigenvalue weighted by molar-refractivity contribution is 5.55. The van der Waals surface area contributed by atoms with Gasteiger partial charge in [-0.2, -0.15) is 0 Å². The summed E-state index contributed by atoms with van der Waals surface area (Å²) in [6.07, 6.45) is 3.66. The molecule has 1 atom stereocenters. The number of hydrogen-bond donors (Lipinski definition) is 1. The van der Waals surface area contributed by atoms with Crippen LogP contribution in [0.2, 0.25) is 0 Å². The van der Waals surface area contributed by atoms with E-state index in [1.165, 1.54) is 0 Å². The molecule has 0 aliphatic carbocycles. The molecule has 0 amide bonds. The van der Waals surface area contributed by atoms with Crippen molar-refractivity contribution in [3.05, 3.63) is 35.9 Å². The van der Waals surface area contributed by atoms with Crippen molar-refractivity contribution in [2.24, 2.45) is 5.73 Å². The highest BCUT2D eigenvalue weighted by Gasteiger charge is 2.20. The van der Waals surface area contributed by atoms with E-state index in [-0.39, 0.29) is 0 Å². The molecule has 0 saturated heterocycles. The Morgan fingerprint density at radius 3 is 2.22 bits per heavy atom. The van der Waals surface area contributed by atoms with Gasteiger partial charge in [-0.3, -0.25) is 4.90 Å². The first-order chi connectivity index (χ1) is 11.0. The molecule has 0 aliphatic heterocycles. The molecule has 2 aromatic rings. The molecule has 0 bridgehead atoms. The Labute approximate surface area is 136 Å². The lowest BCUT2D eigenvalue weighted by Gasteiger charge is -2.20. The van der Waals surface area contributed by atoms with Crippen molar-refractivity contribution in [3.63, 3.8) is 0 Å². The van der Waals surface area contributed by atoms with Crippen LogP contribution < -0.4 is 19.9 Å². The van der Waals surface area contributed by atoms with Crippen LogP contribution in [0.3, 0.4) is 0 Å². The molecule has 0 spiro atoms. The normalized spacial score (nSPS) is 12.3. The fraction of sp³-hybridized carbons (Fsp3) is 0.438. The van der Waals surface area contributed by atoms with Gasteiger partial charge in [0.2, 0.25) is 5.75 Å². The fourth-order valence-electron chi connectivity index (χ4n) is 2.45. The summed E-state index contributed by atoms with van der Waals surface area (Å²) in [6, 6.07) is 3.29. The SMILES string of the molecule is COc1cc(C(N)c2nccn2CN(C)C)cc(OC)c1OC. The van der Waals surface area contributed by atoms with E-state index in [1.807, 2.05) is 41.9 Å². The number of hydrogen-bond acceptors (Lipinski definition) is 6. The van der Waals surface area contributed by atoms with Gasteiger partial charge in [-0.25, -0.2) is 4.98 Å². The van der Waals surface area contributed by atoms with Crippen molar-refractivity contribution in [2.75, 3.05) is 35.4 Å². The lowest BCUT2D eigenvalue weighted by atomic mass is 10.1. The Balaban J connectivity index is 2.43. The van der Waals surface area contributed by atoms with Gasteiger partial charge >= 0.3 is 0 Å². The van der Waals surface area contributed by atoms with Gasteiger partial charge in [-0.1, -0.05) is 0 Å². The summed E-state index contributed by atoms with van der Waals surface area (Å²) in [5.41, 5.74) is 7.26. The monoisotopic (exact) mass is 320 g/mol. The molecule has 7 heteroatoms. The average molecular weight is 320 g/mol. The van der Waals surface area contributed by atoms with Crippen LogP contribution in [0.25, 0.3) is 0 Å². The van der Waals surface area contributed by atoms with Gasteiger partial charge in [0.25, 0.3) is 0 Å². The summed E-state index contributed by atoms with van der Waals surface area (Å²) < 4.78 is 18.1. The van der Waals surface area contributed by atoms with Gasteiger partial charge in [0.1, 0.15) is 5.82 Å². The highest BCUT2D eigenvalue weighted by Crippen LogP contribution is 2.40. The summed E-state index contributed by atoms with van der Waals surface area (Å²) in [5.74, 6) is 2.46. The maximum absolute atomic E-state index is 6.42. The van der Waals surface area contributed by atoms with Crippen LogP contribution in [-0.4, -0.2) is 49.9 Å². The van der Waals surface area contributed by atoms with Crippen molar-refractivity contribution in [1.82, 2.24) is 14.5 Å². The molecular formula is C16H24N4O3. The zero-order chi connectivity index (χ0) is 17.0. The molecule has 1 aromatic heterocycles. The van der Waals surface area contributed by atoms with Crippen LogP contribution in [0.1, 0.15) is 17.4 Å². The number of nitrogens with two attached hydrogens (primary N) is 1. The molecule has 0 fully saturated rings. The number of aromatic nitrogens is 2. The van der Waals surface area contributed by atoms with Gasteiger partial charge in [0.05, 0.1) is 34.0 Å². The summed E-state index contributed by atoms with van der Waals surface area (Å²) in [4.78, 5) is 6.45. The third-order valence-electron chi connectivity index (χ3n) is 3.51. The molecule has 2 rings (SSSR count). The largest absolute Gasteiger partial charge is 0.493 e. The van der Waals surface area contributed by atoms with Crippen LogP contribution in [0.5, 0.6) is 17.2 Å². The third kappa shape index (κ3) is 3.57. The molecule has 0 aliphatic rings. The topological polar surface area (TPSA) is 74.8 Å². The number of benzene rings is 1. The second kappa shape index (κ2) is 7.34. The van der Waals surface area contributed by atoms with E-state index in [4.69, 9.17) is 19.9 Å². The Morgan fingerprint density at radius 1 is 1.13 bits per heavy atom. The number of rotatable bonds is 7. The minimum Gasteiger partial charge on any atom is -0.493 e. The maximum Gasteiger partial charge on any atom is 0.203 e. The lowest BCUT2D eigenvalue weighted by molar-refractivity contribution is 0.317. The molecule has 23 heavy (non-hydrogen) atoms. The van der Waals surface area contributed by atoms with Crippen molar-refractivity contribution in [3.8, 4) is 17.2 Å². The summed E-state index contributed by atoms with van der Waals surface area (Å²) in [6.45, 7) is 0.702. The van der Waals surface area contributed by atoms with Gasteiger partial charge in [0, 0.05) is 12.4 Å². The Bertz CT molecular complexity index is 630. The fourth-order valence-corrected chi connectivity index (χ4v) is 2.45. The molecule has 1 aromatic carbocycles. The van der Waals surface area contributed by atoms with Crippen LogP contribution in [0.4, 0.5) is 0 Å². The molecule has 0 saturated carbocycles. The van der Waals surface area contributed by atoms with E-state index < -0.39 is 6.04 Å². The molecule has 0 radical (unpaired) electrons. The average Bonchev–Trinajstić information content (AvgIpc) is 2.99. The molecular weight excluding hydrogens is 296 g/mol. The molecule has 2 N–H and O–H groups in total. The molecule has 1 heterocycles. The first-order valence-electron chi connectivity index (χ1n) is 7.23. The van der Waals surface area contributed by atoms with Crippen molar-refractivity contribution >= 4 is 0 Å². The van der Waals surface area contributed by atoms with Gasteiger partial charge in [-0.05, 0) is 31.8 Å². The minimum absolute atomic E-state index is 0.404. The lowest BCUT2D eigenvalue weighted by Crippen LogP contribution is -2.23. The standard InChI is InChI=1S/C16H24N4O3/c1-19(2)10-20-7-6-18-16(20)14(17)11-8-12(21-3)15(23-5)13(9-11)22-4/h6-9,14H,10,17H2,1-5H3. The van der Waals surface area contributed by atoms with E-state index >= 15 is 0 Å². The van der Waals surface area contributed by atoms with E-state index in [0.29, 0.717) is 23.9 Å². The number of nitrogens with zero attached hydrogens (tertiary/aromatic N) is 3. The van der Waals surface area contributed by atoms with Crippen LogP contribution in [0, 0.1) is 0 Å². The zero-order valence-electron chi connectivity index (χ0n) is 14.2. The quantitative estimate of drug-likeness (QED) is 0.833. The van der Waals surface area contributed by atoms with Crippen molar-refractivity contribution in [1.29, 1.82) is 0 Å². The summed E-state index contributed by atoms with van der Waals surface area (Å²) in [7, 11) is 8.73. The van der Waals surface area contributed by atoms with E-state index in [9.17, 15) is 0 Å². The molecule has 7 nitrogen and oxygen atoms in total. The van der Waals surface area contributed by atoms with Gasteiger partial charge in [0.15, 0.2) is 11.5 Å². The van der Waals surface area contributed by atoms with E-state index in [2.05, 4.69) is 4.98 Å². The van der Waals surface area contributed by atoms with Gasteiger partial charge in [-0.15, -0.1) is 0 Å². The second-order valence-electron chi connectivity index (χ2n) is 5.41. The van der Waals surface area contributed by atoms with Gasteiger partial charge < -0.3 is 24.5 Å². The van der Waals surface area contributed by atoms with Crippen molar-refractivity contribution < 1.29 is 14.2 Å². The summed E-state index contributed by atoms with van der Waals surface area (Å²) in [5, 5.41) is 0. The summed E-state index contributed by atoms with van der Waals surface area (Å²) >= 11 is 0. The third-order valence-corrected chi connectivity index (χ3v) is 3.51. The number of imidazole rings is 1. The highest BCUT2D eigenvalue weighted by atomic mass is 16.5. The van der Waals surface area contributed by atoms with E-state index in [0.717, 1.165) is 11.4 Å². The predicted molar refractivity (Wildman–Crippen MR) is 88.0 cm³/mol. The Morgan fingerprint density at radius 2 is 1.74 bits per heavy atom. The predicted octanol–water partition coefficient (Wildman–Crippen LogP) is 1.48.